The predicted molar refractivity (Wildman–Crippen MR) is 138 cm³/mol. The van der Waals surface area contributed by atoms with Gasteiger partial charge in [0.2, 0.25) is 0 Å². The van der Waals surface area contributed by atoms with Gasteiger partial charge in [0.15, 0.2) is 18.0 Å². The number of aromatic amines is 1. The molecule has 1 aliphatic carbocycles. The van der Waals surface area contributed by atoms with Gasteiger partial charge in [-0.25, -0.2) is 19.4 Å². The van der Waals surface area contributed by atoms with Gasteiger partial charge in [-0.3, -0.25) is 33.0 Å². The molecule has 0 radical (unpaired) electrons. The molecule has 41 heavy (non-hydrogen) atoms. The summed E-state index contributed by atoms with van der Waals surface area (Å²) in [5.41, 5.74) is 2.32. The van der Waals surface area contributed by atoms with Gasteiger partial charge in [0, 0.05) is 17.2 Å². The largest absolute Gasteiger partial charge is 0.462 e. The highest BCUT2D eigenvalue weighted by Crippen LogP contribution is 2.68. The summed E-state index contributed by atoms with van der Waals surface area (Å²) in [4.78, 5) is 53.1. The monoisotopic (exact) mass is 605 g/mol. The summed E-state index contributed by atoms with van der Waals surface area (Å²) < 4.78 is 52.1. The van der Waals surface area contributed by atoms with E-state index in [0.29, 0.717) is 4.57 Å². The number of H-pyrrole nitrogens is 1. The van der Waals surface area contributed by atoms with Crippen LogP contribution in [0, 0.1) is 0 Å². The Morgan fingerprint density at radius 2 is 1.73 bits per heavy atom. The second-order valence-electron chi connectivity index (χ2n) is 10.2. The van der Waals surface area contributed by atoms with Crippen molar-refractivity contribution in [2.45, 2.75) is 95.5 Å². The van der Waals surface area contributed by atoms with Crippen LogP contribution in [0.2, 0.25) is 0 Å². The summed E-state index contributed by atoms with van der Waals surface area (Å²) in [6, 6.07) is -1.66. The molecule has 17 nitrogen and oxygen atoms in total. The van der Waals surface area contributed by atoms with Crippen molar-refractivity contribution in [3.8, 4) is 0 Å². The number of carbonyl (C=O) groups excluding carboxylic acids is 2. The number of azide groups is 1. The molecule has 1 aliphatic heterocycles. The second-order valence-corrected chi connectivity index (χ2v) is 12.1. The van der Waals surface area contributed by atoms with Crippen LogP contribution < -0.4 is 21.4 Å². The van der Waals surface area contributed by atoms with Gasteiger partial charge in [0.05, 0.1) is 18.8 Å². The SMILES string of the molecule is CC(C)OC(=O)C(C)NP(=O)(NC(C)C(=O)OC(C)C)OC1[C@@]2(CN=[N+]=[N-])O[C@@H](n3ccc(=O)[nH]c3=O)[C@H](F)[C@@]12O. The van der Waals surface area contributed by atoms with Gasteiger partial charge in [0.25, 0.3) is 5.56 Å². The molecule has 0 spiro atoms. The number of halogens is 1. The van der Waals surface area contributed by atoms with Gasteiger partial charge < -0.3 is 19.3 Å². The zero-order valence-corrected chi connectivity index (χ0v) is 24.0. The van der Waals surface area contributed by atoms with Crippen molar-refractivity contribution in [1.82, 2.24) is 19.7 Å². The van der Waals surface area contributed by atoms with Crippen LogP contribution in [-0.4, -0.2) is 80.9 Å². The number of ether oxygens (including phenoxy) is 3. The summed E-state index contributed by atoms with van der Waals surface area (Å²) in [5, 5.41) is 19.6. The fourth-order valence-electron chi connectivity index (χ4n) is 4.41. The molecule has 7 atom stereocenters. The zero-order valence-electron chi connectivity index (χ0n) is 23.1. The van der Waals surface area contributed by atoms with E-state index in [4.69, 9.17) is 24.3 Å². The van der Waals surface area contributed by atoms with E-state index >= 15 is 4.39 Å². The first-order valence-electron chi connectivity index (χ1n) is 12.6. The Morgan fingerprint density at radius 3 is 2.20 bits per heavy atom. The average molecular weight is 606 g/mol. The number of aromatic nitrogens is 2. The molecule has 0 bridgehead atoms. The minimum atomic E-state index is -4.58. The number of hydrogen-bond donors (Lipinski definition) is 4. The Hall–Kier alpha value is -3.11. The zero-order chi connectivity index (χ0) is 30.9. The maximum Gasteiger partial charge on any atom is 0.342 e. The van der Waals surface area contributed by atoms with Crippen molar-refractivity contribution in [2.24, 2.45) is 5.11 Å². The number of nitrogens with zero attached hydrogens (tertiary/aromatic N) is 4. The summed E-state index contributed by atoms with van der Waals surface area (Å²) >= 11 is 0. The molecule has 2 fully saturated rings. The minimum absolute atomic E-state index is 0.524. The lowest BCUT2D eigenvalue weighted by atomic mass is 10.1. The molecular weight excluding hydrogens is 572 g/mol. The van der Waals surface area contributed by atoms with E-state index in [1.807, 2.05) is 4.98 Å². The van der Waals surface area contributed by atoms with Crippen LogP contribution in [0.5, 0.6) is 0 Å². The number of hydrogen-bond acceptors (Lipinski definition) is 11. The first-order valence-corrected chi connectivity index (χ1v) is 14.3. The van der Waals surface area contributed by atoms with Crippen LogP contribution in [-0.2, 0) is 32.9 Å². The molecule has 3 rings (SSSR count). The van der Waals surface area contributed by atoms with Crippen LogP contribution >= 0.6 is 7.67 Å². The molecular formula is C22H33FN7O10P. The molecule has 1 saturated heterocycles. The van der Waals surface area contributed by atoms with E-state index in [1.54, 1.807) is 27.7 Å². The molecule has 3 unspecified atom stereocenters. The highest BCUT2D eigenvalue weighted by molar-refractivity contribution is 7.54. The van der Waals surface area contributed by atoms with Gasteiger partial charge in [-0.1, -0.05) is 5.11 Å². The van der Waals surface area contributed by atoms with E-state index in [0.717, 1.165) is 12.3 Å². The van der Waals surface area contributed by atoms with E-state index < -0.39 is 91.4 Å². The van der Waals surface area contributed by atoms with Crippen molar-refractivity contribution < 1.29 is 42.4 Å². The Labute approximate surface area is 232 Å². The Kier molecular flexibility index (Phi) is 9.50. The van der Waals surface area contributed by atoms with Crippen molar-refractivity contribution in [2.75, 3.05) is 6.54 Å². The van der Waals surface area contributed by atoms with E-state index in [-0.39, 0.29) is 0 Å². The van der Waals surface area contributed by atoms with Gasteiger partial charge in [0.1, 0.15) is 23.8 Å². The number of aliphatic hydroxyl groups is 1. The molecule has 2 aliphatic rings. The molecule has 0 amide bonds. The predicted octanol–water partition coefficient (Wildman–Crippen LogP) is 0.550. The summed E-state index contributed by atoms with van der Waals surface area (Å²) in [6.45, 7) is 8.22. The lowest BCUT2D eigenvalue weighted by Crippen LogP contribution is -2.45. The van der Waals surface area contributed by atoms with Gasteiger partial charge in [-0.05, 0) is 47.1 Å². The molecule has 4 N–H and O–H groups in total. The van der Waals surface area contributed by atoms with Crippen LogP contribution in [0.4, 0.5) is 4.39 Å². The third kappa shape index (κ3) is 6.38. The Morgan fingerprint density at radius 1 is 1.20 bits per heavy atom. The lowest BCUT2D eigenvalue weighted by molar-refractivity contribution is -0.149. The standard InChI is InChI=1S/C22H33FN7O10P/c1-10(2)37-17(32)12(5)27-41(36,28-13(6)18(33)38-11(3)4)40-19-21(9-25-29-24)22(19,35)15(23)16(39-21)30-8-7-14(31)26-20(30)34/h7-8,10-13,15-16,19,35H,9H2,1-6H3,(H,26,31,34)(H2,27,28,36)/t12?,13?,15-,16+,19?,21+,22+,41?/m0/s1. The molecule has 1 aromatic heterocycles. The first kappa shape index (κ1) is 32.4. The minimum Gasteiger partial charge on any atom is -0.462 e. The average Bonchev–Trinajstić information content (AvgIpc) is 3.24. The molecule has 0 aromatic carbocycles. The van der Waals surface area contributed by atoms with Gasteiger partial charge >= 0.3 is 25.3 Å². The number of rotatable bonds is 13. The molecule has 228 valence electrons. The van der Waals surface area contributed by atoms with Crippen LogP contribution in [0.1, 0.15) is 47.8 Å². The molecule has 19 heteroatoms. The number of alkyl halides is 1. The van der Waals surface area contributed by atoms with Crippen LogP contribution in [0.25, 0.3) is 10.4 Å². The fourth-order valence-corrected chi connectivity index (χ4v) is 6.47. The third-order valence-corrected chi connectivity index (χ3v) is 8.27. The van der Waals surface area contributed by atoms with Crippen molar-refractivity contribution in [1.29, 1.82) is 0 Å². The van der Waals surface area contributed by atoms with Gasteiger partial charge in [-0.2, -0.15) is 0 Å². The van der Waals surface area contributed by atoms with E-state index in [9.17, 15) is 28.8 Å². The van der Waals surface area contributed by atoms with Gasteiger partial charge in [-0.15, -0.1) is 0 Å². The van der Waals surface area contributed by atoms with E-state index in [1.165, 1.54) is 13.8 Å². The smallest absolute Gasteiger partial charge is 0.342 e. The highest BCUT2D eigenvalue weighted by Gasteiger charge is 2.89. The molecule has 1 saturated carbocycles. The summed E-state index contributed by atoms with van der Waals surface area (Å²) in [5.74, 6) is -1.67. The van der Waals surface area contributed by atoms with Crippen LogP contribution in [0.3, 0.4) is 0 Å². The molecule has 2 heterocycles. The fraction of sp³-hybridized carbons (Fsp3) is 0.727. The van der Waals surface area contributed by atoms with E-state index in [2.05, 4.69) is 20.2 Å². The highest BCUT2D eigenvalue weighted by atomic mass is 31.2. The first-order chi connectivity index (χ1) is 19.0. The Bertz CT molecular complexity index is 1350. The Balaban J connectivity index is 1.96. The quantitative estimate of drug-likeness (QED) is 0.0793. The van der Waals surface area contributed by atoms with Crippen LogP contribution in [0.15, 0.2) is 27.0 Å². The lowest BCUT2D eigenvalue weighted by Gasteiger charge is -2.29. The normalized spacial score (nSPS) is 29.7. The topological polar surface area (TPSA) is 236 Å². The van der Waals surface area contributed by atoms with Crippen molar-refractivity contribution in [3.05, 3.63) is 43.5 Å². The number of fused-ring (bicyclic) bond motifs is 1. The second kappa shape index (κ2) is 12.0. The maximum absolute atomic E-state index is 15.8. The van der Waals surface area contributed by atoms with Crippen molar-refractivity contribution >= 4 is 19.6 Å². The summed E-state index contributed by atoms with van der Waals surface area (Å²) in [7, 11) is -4.58. The molecule has 1 aromatic rings. The number of nitrogens with one attached hydrogen (secondary N) is 3. The van der Waals surface area contributed by atoms with Crippen molar-refractivity contribution in [3.63, 3.8) is 0 Å². The number of carbonyl (C=O) groups is 2. The number of esters is 2. The maximum atomic E-state index is 15.8. The third-order valence-electron chi connectivity index (χ3n) is 6.31. The summed E-state index contributed by atoms with van der Waals surface area (Å²) in [6.07, 6.45) is -6.11.